The van der Waals surface area contributed by atoms with Crippen molar-refractivity contribution in [3.05, 3.63) is 29.8 Å². The van der Waals surface area contributed by atoms with Crippen molar-refractivity contribution < 1.29 is 0 Å². The van der Waals surface area contributed by atoms with Gasteiger partial charge in [0.15, 0.2) is 0 Å². The molecule has 0 fully saturated rings. The molecule has 1 aromatic rings. The Balaban J connectivity index is 2.70. The average Bonchev–Trinajstić information content (AvgIpc) is 2.29. The highest BCUT2D eigenvalue weighted by Crippen LogP contribution is 2.24. The Bertz CT molecular complexity index is 307. The van der Waals surface area contributed by atoms with Gasteiger partial charge >= 0.3 is 0 Å². The number of hydrogen-bond donors (Lipinski definition) is 1. The van der Waals surface area contributed by atoms with Crippen LogP contribution in [-0.4, -0.2) is 13.6 Å². The van der Waals surface area contributed by atoms with E-state index in [1.54, 1.807) is 0 Å². The molecule has 2 heteroatoms. The zero-order chi connectivity index (χ0) is 12.0. The van der Waals surface area contributed by atoms with E-state index in [0.717, 1.165) is 6.54 Å². The van der Waals surface area contributed by atoms with Crippen molar-refractivity contribution in [2.24, 2.45) is 5.73 Å². The van der Waals surface area contributed by atoms with Gasteiger partial charge in [-0.15, -0.1) is 0 Å². The molecule has 0 unspecified atom stereocenters. The van der Waals surface area contributed by atoms with Crippen LogP contribution >= 0.6 is 0 Å². The molecule has 1 rings (SSSR count). The van der Waals surface area contributed by atoms with Gasteiger partial charge in [0.05, 0.1) is 0 Å². The first-order valence-corrected chi connectivity index (χ1v) is 6.22. The molecule has 90 valence electrons. The number of benzene rings is 1. The molecule has 0 saturated heterocycles. The number of nitrogens with two attached hydrogens (primary N) is 1. The third-order valence-corrected chi connectivity index (χ3v) is 2.94. The Morgan fingerprint density at radius 1 is 1.25 bits per heavy atom. The van der Waals surface area contributed by atoms with Gasteiger partial charge in [-0.1, -0.05) is 38.0 Å². The van der Waals surface area contributed by atoms with Crippen molar-refractivity contribution in [2.75, 3.05) is 18.5 Å². The summed E-state index contributed by atoms with van der Waals surface area (Å²) in [6.45, 7) is 5.38. The minimum Gasteiger partial charge on any atom is -0.374 e. The zero-order valence-corrected chi connectivity index (χ0v) is 10.7. The summed E-state index contributed by atoms with van der Waals surface area (Å²) in [5, 5.41) is 0. The van der Waals surface area contributed by atoms with Crippen LogP contribution in [-0.2, 0) is 0 Å². The monoisotopic (exact) mass is 220 g/mol. The van der Waals surface area contributed by atoms with Gasteiger partial charge in [-0.2, -0.15) is 0 Å². The number of para-hydroxylation sites is 1. The SMILES string of the molecule is CCCCCN(C)c1ccccc1[C@@H](C)N. The second-order valence-corrected chi connectivity index (χ2v) is 4.48. The van der Waals surface area contributed by atoms with Crippen LogP contribution in [0.25, 0.3) is 0 Å². The number of unbranched alkanes of at least 4 members (excludes halogenated alkanes) is 2. The fourth-order valence-electron chi connectivity index (χ4n) is 1.94. The maximum absolute atomic E-state index is 5.98. The lowest BCUT2D eigenvalue weighted by Gasteiger charge is -2.23. The molecule has 0 radical (unpaired) electrons. The molecule has 0 heterocycles. The van der Waals surface area contributed by atoms with Gasteiger partial charge in [-0.05, 0) is 25.0 Å². The van der Waals surface area contributed by atoms with Gasteiger partial charge < -0.3 is 10.6 Å². The molecular weight excluding hydrogens is 196 g/mol. The summed E-state index contributed by atoms with van der Waals surface area (Å²) in [7, 11) is 2.15. The molecule has 0 aliphatic heterocycles. The van der Waals surface area contributed by atoms with E-state index < -0.39 is 0 Å². The predicted molar refractivity (Wildman–Crippen MR) is 71.8 cm³/mol. The van der Waals surface area contributed by atoms with Crippen LogP contribution < -0.4 is 10.6 Å². The highest BCUT2D eigenvalue weighted by atomic mass is 15.1. The zero-order valence-electron chi connectivity index (χ0n) is 10.7. The highest BCUT2D eigenvalue weighted by Gasteiger charge is 2.09. The Hall–Kier alpha value is -1.02. The van der Waals surface area contributed by atoms with E-state index in [9.17, 15) is 0 Å². The second kappa shape index (κ2) is 6.54. The van der Waals surface area contributed by atoms with Crippen molar-refractivity contribution in [3.63, 3.8) is 0 Å². The summed E-state index contributed by atoms with van der Waals surface area (Å²) >= 11 is 0. The Kier molecular flexibility index (Phi) is 5.33. The van der Waals surface area contributed by atoms with E-state index in [0.29, 0.717) is 0 Å². The molecule has 2 N–H and O–H groups in total. The van der Waals surface area contributed by atoms with Gasteiger partial charge in [0, 0.05) is 25.3 Å². The fourth-order valence-corrected chi connectivity index (χ4v) is 1.94. The summed E-state index contributed by atoms with van der Waals surface area (Å²) in [5.41, 5.74) is 8.49. The van der Waals surface area contributed by atoms with Crippen LogP contribution in [0.2, 0.25) is 0 Å². The van der Waals surface area contributed by atoms with Gasteiger partial charge in [0.2, 0.25) is 0 Å². The van der Waals surface area contributed by atoms with Crippen molar-refractivity contribution in [3.8, 4) is 0 Å². The maximum atomic E-state index is 5.98. The van der Waals surface area contributed by atoms with Crippen LogP contribution in [0.1, 0.15) is 44.7 Å². The fraction of sp³-hybridized carbons (Fsp3) is 0.571. The van der Waals surface area contributed by atoms with Gasteiger partial charge in [0.1, 0.15) is 0 Å². The molecular formula is C14H24N2. The smallest absolute Gasteiger partial charge is 0.0411 e. The lowest BCUT2D eigenvalue weighted by Crippen LogP contribution is -2.21. The third-order valence-electron chi connectivity index (χ3n) is 2.94. The molecule has 0 amide bonds. The van der Waals surface area contributed by atoms with Crippen LogP contribution in [0.3, 0.4) is 0 Å². The summed E-state index contributed by atoms with van der Waals surface area (Å²) < 4.78 is 0. The van der Waals surface area contributed by atoms with E-state index >= 15 is 0 Å². The molecule has 0 bridgehead atoms. The molecule has 0 aromatic heterocycles. The normalized spacial score (nSPS) is 12.5. The average molecular weight is 220 g/mol. The Labute approximate surface area is 99.5 Å². The molecule has 16 heavy (non-hydrogen) atoms. The summed E-state index contributed by atoms with van der Waals surface area (Å²) in [6, 6.07) is 8.52. The largest absolute Gasteiger partial charge is 0.374 e. The first-order chi connectivity index (χ1) is 7.66. The van der Waals surface area contributed by atoms with Gasteiger partial charge in [0.25, 0.3) is 0 Å². The summed E-state index contributed by atoms with van der Waals surface area (Å²) in [5.74, 6) is 0. The Morgan fingerprint density at radius 3 is 2.56 bits per heavy atom. The van der Waals surface area contributed by atoms with E-state index in [1.165, 1.54) is 30.5 Å². The second-order valence-electron chi connectivity index (χ2n) is 4.48. The van der Waals surface area contributed by atoms with Crippen molar-refractivity contribution in [2.45, 2.75) is 39.2 Å². The lowest BCUT2D eigenvalue weighted by molar-refractivity contribution is 0.700. The predicted octanol–water partition coefficient (Wildman–Crippen LogP) is 3.33. The maximum Gasteiger partial charge on any atom is 0.0411 e. The van der Waals surface area contributed by atoms with Crippen molar-refractivity contribution in [1.29, 1.82) is 0 Å². The number of anilines is 1. The minimum atomic E-state index is 0.102. The van der Waals surface area contributed by atoms with Crippen molar-refractivity contribution >= 4 is 5.69 Å². The van der Waals surface area contributed by atoms with Crippen LogP contribution in [0, 0.1) is 0 Å². The number of nitrogens with zero attached hydrogens (tertiary/aromatic N) is 1. The first-order valence-electron chi connectivity index (χ1n) is 6.22. The number of rotatable bonds is 6. The standard InChI is InChI=1S/C14H24N2/c1-4-5-8-11-16(3)14-10-7-6-9-13(14)12(2)15/h6-7,9-10,12H,4-5,8,11,15H2,1-3H3/t12-/m1/s1. The van der Waals surface area contributed by atoms with E-state index in [4.69, 9.17) is 5.73 Å². The lowest BCUT2D eigenvalue weighted by atomic mass is 10.1. The quantitative estimate of drug-likeness (QED) is 0.745. The van der Waals surface area contributed by atoms with E-state index in [2.05, 4.69) is 43.1 Å². The van der Waals surface area contributed by atoms with Crippen molar-refractivity contribution in [1.82, 2.24) is 0 Å². The highest BCUT2D eigenvalue weighted by molar-refractivity contribution is 5.54. The third kappa shape index (κ3) is 3.53. The number of hydrogen-bond acceptors (Lipinski definition) is 2. The topological polar surface area (TPSA) is 29.3 Å². The van der Waals surface area contributed by atoms with Gasteiger partial charge in [-0.3, -0.25) is 0 Å². The summed E-state index contributed by atoms with van der Waals surface area (Å²) in [4.78, 5) is 2.31. The first kappa shape index (κ1) is 13.0. The molecule has 0 saturated carbocycles. The molecule has 1 atom stereocenters. The summed E-state index contributed by atoms with van der Waals surface area (Å²) in [6.07, 6.45) is 3.81. The molecule has 0 aliphatic rings. The van der Waals surface area contributed by atoms with E-state index in [-0.39, 0.29) is 6.04 Å². The van der Waals surface area contributed by atoms with Crippen LogP contribution in [0.4, 0.5) is 5.69 Å². The molecule has 2 nitrogen and oxygen atoms in total. The van der Waals surface area contributed by atoms with Crippen LogP contribution in [0.5, 0.6) is 0 Å². The molecule has 1 aromatic carbocycles. The Morgan fingerprint density at radius 2 is 1.94 bits per heavy atom. The van der Waals surface area contributed by atoms with Gasteiger partial charge in [-0.25, -0.2) is 0 Å². The minimum absolute atomic E-state index is 0.102. The molecule has 0 spiro atoms. The van der Waals surface area contributed by atoms with Crippen LogP contribution in [0.15, 0.2) is 24.3 Å². The molecule has 0 aliphatic carbocycles. The van der Waals surface area contributed by atoms with E-state index in [1.807, 2.05) is 6.92 Å².